The van der Waals surface area contributed by atoms with Gasteiger partial charge in [0.2, 0.25) is 0 Å². The van der Waals surface area contributed by atoms with Gasteiger partial charge in [0.05, 0.1) is 0 Å². The Labute approximate surface area is 192 Å². The van der Waals surface area contributed by atoms with Crippen LogP contribution in [0.5, 0.6) is 5.75 Å². The fraction of sp³-hybridized carbons (Fsp3) is 0.346. The zero-order valence-corrected chi connectivity index (χ0v) is 19.6. The minimum absolute atomic E-state index is 0.223. The molecule has 0 radical (unpaired) electrons. The number of hydrogen-bond acceptors (Lipinski definition) is 6. The molecule has 3 aromatic rings. The third-order valence-corrected chi connectivity index (χ3v) is 5.05. The number of carbonyl (C=O) groups is 2. The van der Waals surface area contributed by atoms with Crippen LogP contribution < -0.4 is 15.7 Å². The molecule has 0 saturated carbocycles. The summed E-state index contributed by atoms with van der Waals surface area (Å²) in [7, 11) is 0. The van der Waals surface area contributed by atoms with E-state index >= 15 is 0 Å². The van der Waals surface area contributed by atoms with Crippen LogP contribution in [-0.2, 0) is 22.4 Å². The lowest BCUT2D eigenvalue weighted by Crippen LogP contribution is -2.46. The van der Waals surface area contributed by atoms with Crippen molar-refractivity contribution >= 4 is 23.0 Å². The molecule has 0 aliphatic heterocycles. The Morgan fingerprint density at radius 3 is 2.42 bits per heavy atom. The first kappa shape index (κ1) is 24.0. The minimum Gasteiger partial charge on any atom is -0.444 e. The summed E-state index contributed by atoms with van der Waals surface area (Å²) in [6, 6.07) is 13.2. The molecule has 0 fully saturated rings. The van der Waals surface area contributed by atoms with Crippen molar-refractivity contribution in [1.29, 1.82) is 0 Å². The first-order valence-corrected chi connectivity index (χ1v) is 10.9. The highest BCUT2D eigenvalue weighted by Crippen LogP contribution is 2.29. The highest BCUT2D eigenvalue weighted by Gasteiger charge is 2.27. The standard InChI is InChI=1S/C26H29NO6/c1-6-18-15-22(28)32-23-16(2)21(13-12-19(18)23)31-24(29)20(14-17-10-8-7-9-11-17)27-25(30)33-26(3,4)5/h7-13,15,20H,6,14H2,1-5H3,(H,27,30)/t20-/m1/s1. The molecule has 0 saturated heterocycles. The molecule has 2 aromatic carbocycles. The van der Waals surface area contributed by atoms with Crippen LogP contribution in [0.25, 0.3) is 11.0 Å². The topological polar surface area (TPSA) is 94.8 Å². The molecule has 1 atom stereocenters. The Morgan fingerprint density at radius 1 is 1.09 bits per heavy atom. The maximum Gasteiger partial charge on any atom is 0.408 e. The number of nitrogens with one attached hydrogen (secondary N) is 1. The molecule has 0 aliphatic rings. The van der Waals surface area contributed by atoms with E-state index in [9.17, 15) is 14.4 Å². The Hall–Kier alpha value is -3.61. The maximum absolute atomic E-state index is 13.1. The number of carbonyl (C=O) groups excluding carboxylic acids is 2. The predicted molar refractivity (Wildman–Crippen MR) is 126 cm³/mol. The quantitative estimate of drug-likeness (QED) is 0.331. The van der Waals surface area contributed by atoms with Crippen LogP contribution >= 0.6 is 0 Å². The zero-order valence-electron chi connectivity index (χ0n) is 19.6. The number of esters is 1. The minimum atomic E-state index is -0.980. The first-order valence-electron chi connectivity index (χ1n) is 10.9. The van der Waals surface area contributed by atoms with Gasteiger partial charge in [0.1, 0.15) is 23.0 Å². The third-order valence-electron chi connectivity index (χ3n) is 5.05. The van der Waals surface area contributed by atoms with Crippen LogP contribution in [0, 0.1) is 6.92 Å². The monoisotopic (exact) mass is 451 g/mol. The summed E-state index contributed by atoms with van der Waals surface area (Å²) < 4.78 is 16.4. The van der Waals surface area contributed by atoms with Crippen molar-refractivity contribution in [3.63, 3.8) is 0 Å². The summed E-state index contributed by atoms with van der Waals surface area (Å²) in [5.41, 5.74) is 1.45. The van der Waals surface area contributed by atoms with Crippen molar-refractivity contribution in [2.24, 2.45) is 0 Å². The summed E-state index contributed by atoms with van der Waals surface area (Å²) in [5.74, 6) is -0.394. The van der Waals surface area contributed by atoms with Gasteiger partial charge in [-0.1, -0.05) is 37.3 Å². The Balaban J connectivity index is 1.89. The molecule has 0 spiro atoms. The molecule has 1 aromatic heterocycles. The van der Waals surface area contributed by atoms with Crippen molar-refractivity contribution in [1.82, 2.24) is 5.32 Å². The van der Waals surface area contributed by atoms with E-state index < -0.39 is 29.3 Å². The van der Waals surface area contributed by atoms with Crippen molar-refractivity contribution in [2.75, 3.05) is 0 Å². The molecular formula is C26H29NO6. The molecule has 3 rings (SSSR count). The van der Waals surface area contributed by atoms with Crippen molar-refractivity contribution in [3.05, 3.63) is 75.6 Å². The molecule has 0 bridgehead atoms. The summed E-state index contributed by atoms with van der Waals surface area (Å²) >= 11 is 0. The lowest BCUT2D eigenvalue weighted by Gasteiger charge is -2.23. The molecule has 33 heavy (non-hydrogen) atoms. The number of alkyl carbamates (subject to hydrolysis) is 1. The predicted octanol–water partition coefficient (Wildman–Crippen LogP) is 4.71. The second-order valence-electron chi connectivity index (χ2n) is 8.82. The van der Waals surface area contributed by atoms with Gasteiger partial charge in [-0.25, -0.2) is 14.4 Å². The van der Waals surface area contributed by atoms with Gasteiger partial charge >= 0.3 is 17.7 Å². The van der Waals surface area contributed by atoms with E-state index in [0.717, 1.165) is 16.5 Å². The van der Waals surface area contributed by atoms with Crippen LogP contribution in [0.2, 0.25) is 0 Å². The highest BCUT2D eigenvalue weighted by molar-refractivity contribution is 5.88. The number of hydrogen-bond donors (Lipinski definition) is 1. The van der Waals surface area contributed by atoms with E-state index in [1.54, 1.807) is 39.8 Å². The number of rotatable bonds is 6. The largest absolute Gasteiger partial charge is 0.444 e. The van der Waals surface area contributed by atoms with E-state index in [4.69, 9.17) is 13.9 Å². The van der Waals surface area contributed by atoms with E-state index in [1.807, 2.05) is 37.3 Å². The van der Waals surface area contributed by atoms with Crippen molar-refractivity contribution in [3.8, 4) is 5.75 Å². The number of benzene rings is 2. The lowest BCUT2D eigenvalue weighted by atomic mass is 10.0. The maximum atomic E-state index is 13.1. The van der Waals surface area contributed by atoms with Crippen LogP contribution in [0.15, 0.2) is 57.7 Å². The summed E-state index contributed by atoms with van der Waals surface area (Å²) in [6.07, 6.45) is 0.175. The number of fused-ring (bicyclic) bond motifs is 1. The molecular weight excluding hydrogens is 422 g/mol. The Bertz CT molecular complexity index is 1210. The van der Waals surface area contributed by atoms with Gasteiger partial charge in [0.15, 0.2) is 0 Å². The molecule has 1 amide bonds. The third kappa shape index (κ3) is 6.22. The second-order valence-corrected chi connectivity index (χ2v) is 8.82. The Morgan fingerprint density at radius 2 is 1.79 bits per heavy atom. The molecule has 0 aliphatic carbocycles. The normalized spacial score (nSPS) is 12.3. The molecule has 1 N–H and O–H groups in total. The van der Waals surface area contributed by atoms with E-state index in [2.05, 4.69) is 5.32 Å². The number of ether oxygens (including phenoxy) is 2. The van der Waals surface area contributed by atoms with E-state index in [-0.39, 0.29) is 12.2 Å². The van der Waals surface area contributed by atoms with Crippen LogP contribution in [0.1, 0.15) is 44.4 Å². The smallest absolute Gasteiger partial charge is 0.408 e. The average Bonchev–Trinajstić information content (AvgIpc) is 2.74. The lowest BCUT2D eigenvalue weighted by molar-refractivity contribution is -0.136. The fourth-order valence-electron chi connectivity index (χ4n) is 3.48. The van der Waals surface area contributed by atoms with Gasteiger partial charge in [-0.15, -0.1) is 0 Å². The van der Waals surface area contributed by atoms with Gasteiger partial charge < -0.3 is 19.2 Å². The zero-order chi connectivity index (χ0) is 24.2. The molecule has 7 nitrogen and oxygen atoms in total. The van der Waals surface area contributed by atoms with Crippen molar-refractivity contribution < 1.29 is 23.5 Å². The van der Waals surface area contributed by atoms with Crippen LogP contribution in [-0.4, -0.2) is 23.7 Å². The van der Waals surface area contributed by atoms with Gasteiger partial charge in [0.25, 0.3) is 0 Å². The first-order chi connectivity index (χ1) is 15.6. The average molecular weight is 452 g/mol. The SMILES string of the molecule is CCc1cc(=O)oc2c(C)c(OC(=O)[C@@H](Cc3ccccc3)NC(=O)OC(C)(C)C)ccc12. The molecule has 1 heterocycles. The van der Waals surface area contributed by atoms with Crippen molar-refractivity contribution in [2.45, 2.75) is 59.1 Å². The summed E-state index contributed by atoms with van der Waals surface area (Å²) in [4.78, 5) is 37.4. The number of aryl methyl sites for hydroxylation is 2. The van der Waals surface area contributed by atoms with Gasteiger partial charge in [-0.2, -0.15) is 0 Å². The fourth-order valence-corrected chi connectivity index (χ4v) is 3.48. The summed E-state index contributed by atoms with van der Waals surface area (Å²) in [5, 5.41) is 3.41. The molecule has 0 unspecified atom stereocenters. The number of amides is 1. The van der Waals surface area contributed by atoms with E-state index in [1.165, 1.54) is 6.07 Å². The highest BCUT2D eigenvalue weighted by atomic mass is 16.6. The summed E-state index contributed by atoms with van der Waals surface area (Å²) in [6.45, 7) is 8.91. The van der Waals surface area contributed by atoms with Crippen LogP contribution in [0.3, 0.4) is 0 Å². The second kappa shape index (κ2) is 9.90. The molecule has 174 valence electrons. The molecule has 7 heteroatoms. The van der Waals surface area contributed by atoms with E-state index in [0.29, 0.717) is 17.6 Å². The van der Waals surface area contributed by atoms with Gasteiger partial charge in [-0.05, 0) is 57.4 Å². The van der Waals surface area contributed by atoms with Crippen LogP contribution in [0.4, 0.5) is 4.79 Å². The van der Waals surface area contributed by atoms with Gasteiger partial charge in [-0.3, -0.25) is 0 Å². The Kier molecular flexibility index (Phi) is 7.21. The van der Waals surface area contributed by atoms with Gasteiger partial charge in [0, 0.05) is 23.4 Å².